The topological polar surface area (TPSA) is 44.5 Å². The Labute approximate surface area is 106 Å². The van der Waals surface area contributed by atoms with Crippen LogP contribution < -0.4 is 15.2 Å². The molecule has 0 aromatic heterocycles. The molecule has 1 aliphatic heterocycles. The van der Waals surface area contributed by atoms with Crippen molar-refractivity contribution in [2.24, 2.45) is 5.73 Å². The van der Waals surface area contributed by atoms with Gasteiger partial charge in [0, 0.05) is 17.2 Å². The van der Waals surface area contributed by atoms with Crippen molar-refractivity contribution in [2.75, 3.05) is 6.61 Å². The highest BCUT2D eigenvalue weighted by Crippen LogP contribution is 2.42. The van der Waals surface area contributed by atoms with Gasteiger partial charge in [0.2, 0.25) is 0 Å². The number of hydrogen-bond donors (Lipinski definition) is 1. The normalized spacial score (nSPS) is 16.4. The summed E-state index contributed by atoms with van der Waals surface area (Å²) >= 11 is 0. The lowest BCUT2D eigenvalue weighted by Gasteiger charge is -2.25. The van der Waals surface area contributed by atoms with Gasteiger partial charge in [-0.2, -0.15) is 0 Å². The fraction of sp³-hybridized carbons (Fsp3) is 0.200. The third-order valence-electron chi connectivity index (χ3n) is 3.11. The van der Waals surface area contributed by atoms with Crippen molar-refractivity contribution in [1.29, 1.82) is 0 Å². The lowest BCUT2D eigenvalue weighted by atomic mass is 9.95. The van der Waals surface area contributed by atoms with E-state index in [9.17, 15) is 0 Å². The Morgan fingerprint density at radius 2 is 1.89 bits per heavy atom. The first-order valence-corrected chi connectivity index (χ1v) is 6.08. The van der Waals surface area contributed by atoms with Gasteiger partial charge in [-0.05, 0) is 25.1 Å². The first kappa shape index (κ1) is 11.1. The molecule has 1 aliphatic rings. The van der Waals surface area contributed by atoms with Crippen molar-refractivity contribution in [3.8, 4) is 17.2 Å². The molecule has 2 N–H and O–H groups in total. The molecule has 2 aromatic rings. The van der Waals surface area contributed by atoms with E-state index in [4.69, 9.17) is 15.2 Å². The van der Waals surface area contributed by atoms with Crippen molar-refractivity contribution < 1.29 is 9.47 Å². The van der Waals surface area contributed by atoms with Gasteiger partial charge in [-0.3, -0.25) is 0 Å². The predicted octanol–water partition coefficient (Wildman–Crippen LogP) is 3.24. The molecule has 0 radical (unpaired) electrons. The third-order valence-corrected chi connectivity index (χ3v) is 3.11. The van der Waals surface area contributed by atoms with E-state index in [1.54, 1.807) is 0 Å². The number of benzene rings is 2. The molecular weight excluding hydrogens is 226 g/mol. The zero-order chi connectivity index (χ0) is 12.5. The quantitative estimate of drug-likeness (QED) is 0.877. The minimum absolute atomic E-state index is 0.138. The summed E-state index contributed by atoms with van der Waals surface area (Å²) in [4.78, 5) is 0. The van der Waals surface area contributed by atoms with Crippen LogP contribution in [0.15, 0.2) is 42.5 Å². The van der Waals surface area contributed by atoms with Crippen LogP contribution in [0.3, 0.4) is 0 Å². The lowest BCUT2D eigenvalue weighted by Crippen LogP contribution is -2.17. The van der Waals surface area contributed by atoms with Crippen molar-refractivity contribution >= 4 is 0 Å². The van der Waals surface area contributed by atoms with Gasteiger partial charge in [-0.25, -0.2) is 0 Å². The van der Waals surface area contributed by atoms with Crippen LogP contribution in [0.4, 0.5) is 0 Å². The van der Waals surface area contributed by atoms with Crippen LogP contribution in [-0.4, -0.2) is 6.61 Å². The van der Waals surface area contributed by atoms with Gasteiger partial charge in [0.15, 0.2) is 0 Å². The lowest BCUT2D eigenvalue weighted by molar-refractivity contribution is 0.337. The summed E-state index contributed by atoms with van der Waals surface area (Å²) in [6.45, 7) is 2.60. The van der Waals surface area contributed by atoms with Crippen molar-refractivity contribution in [2.45, 2.75) is 13.0 Å². The fourth-order valence-corrected chi connectivity index (χ4v) is 2.23. The van der Waals surface area contributed by atoms with Crippen LogP contribution >= 0.6 is 0 Å². The van der Waals surface area contributed by atoms with Gasteiger partial charge in [-0.1, -0.05) is 18.2 Å². The first-order chi connectivity index (χ1) is 8.79. The summed E-state index contributed by atoms with van der Waals surface area (Å²) in [5, 5.41) is 0. The van der Waals surface area contributed by atoms with Gasteiger partial charge in [-0.15, -0.1) is 0 Å². The second-order valence-corrected chi connectivity index (χ2v) is 4.25. The molecule has 2 aromatic carbocycles. The largest absolute Gasteiger partial charge is 0.494 e. The monoisotopic (exact) mass is 241 g/mol. The van der Waals surface area contributed by atoms with Crippen LogP contribution in [0, 0.1) is 0 Å². The second-order valence-electron chi connectivity index (χ2n) is 4.25. The third kappa shape index (κ3) is 1.73. The van der Waals surface area contributed by atoms with Crippen molar-refractivity contribution in [1.82, 2.24) is 0 Å². The van der Waals surface area contributed by atoms with Crippen LogP contribution in [0.5, 0.6) is 17.2 Å². The Bertz CT molecular complexity index is 580. The van der Waals surface area contributed by atoms with E-state index >= 15 is 0 Å². The number of rotatable bonds is 2. The maximum Gasteiger partial charge on any atom is 0.136 e. The van der Waals surface area contributed by atoms with E-state index in [2.05, 4.69) is 0 Å². The van der Waals surface area contributed by atoms with Crippen molar-refractivity contribution in [3.63, 3.8) is 0 Å². The molecule has 92 valence electrons. The summed E-state index contributed by atoms with van der Waals surface area (Å²) in [6.07, 6.45) is 0. The summed E-state index contributed by atoms with van der Waals surface area (Å²) in [5.41, 5.74) is 8.28. The average Bonchev–Trinajstić information content (AvgIpc) is 2.39. The fourth-order valence-electron chi connectivity index (χ4n) is 2.23. The molecule has 0 fully saturated rings. The molecule has 0 amide bonds. The van der Waals surface area contributed by atoms with Crippen molar-refractivity contribution in [3.05, 3.63) is 53.6 Å². The molecule has 3 heteroatoms. The Kier molecular flexibility index (Phi) is 2.68. The smallest absolute Gasteiger partial charge is 0.136 e. The summed E-state index contributed by atoms with van der Waals surface area (Å²) in [7, 11) is 0. The number of fused-ring (bicyclic) bond motifs is 2. The summed E-state index contributed by atoms with van der Waals surface area (Å²) in [5.74, 6) is 2.42. The van der Waals surface area contributed by atoms with Crippen LogP contribution in [0.2, 0.25) is 0 Å². The Morgan fingerprint density at radius 3 is 2.72 bits per heavy atom. The molecule has 0 saturated carbocycles. The molecule has 3 nitrogen and oxygen atoms in total. The van der Waals surface area contributed by atoms with Crippen LogP contribution in [-0.2, 0) is 0 Å². The second kappa shape index (κ2) is 4.35. The van der Waals surface area contributed by atoms with E-state index in [0.717, 1.165) is 28.4 Å². The molecule has 18 heavy (non-hydrogen) atoms. The van der Waals surface area contributed by atoms with Gasteiger partial charge in [0.05, 0.1) is 12.6 Å². The zero-order valence-corrected chi connectivity index (χ0v) is 10.2. The number of hydrogen-bond acceptors (Lipinski definition) is 3. The molecule has 1 unspecified atom stereocenters. The van der Waals surface area contributed by atoms with Crippen LogP contribution in [0.25, 0.3) is 0 Å². The van der Waals surface area contributed by atoms with Crippen LogP contribution in [0.1, 0.15) is 24.1 Å². The minimum atomic E-state index is -0.138. The highest BCUT2D eigenvalue weighted by molar-refractivity contribution is 5.54. The maximum absolute atomic E-state index is 6.26. The molecule has 1 atom stereocenters. The van der Waals surface area contributed by atoms with Gasteiger partial charge in [0.1, 0.15) is 17.2 Å². The standard InChI is InChI=1S/C15H15NO2/c1-2-17-10-7-8-12-14(9-10)18-13-6-4-3-5-11(13)15(12)16/h3-9,15H,2,16H2,1H3. The average molecular weight is 241 g/mol. The van der Waals surface area contributed by atoms with E-state index in [1.807, 2.05) is 49.4 Å². The minimum Gasteiger partial charge on any atom is -0.494 e. The van der Waals surface area contributed by atoms with E-state index in [-0.39, 0.29) is 6.04 Å². The highest BCUT2D eigenvalue weighted by Gasteiger charge is 2.24. The molecule has 1 heterocycles. The Hall–Kier alpha value is -2.00. The Balaban J connectivity index is 2.05. The maximum atomic E-state index is 6.26. The van der Waals surface area contributed by atoms with Gasteiger partial charge < -0.3 is 15.2 Å². The van der Waals surface area contributed by atoms with E-state index in [0.29, 0.717) is 6.61 Å². The Morgan fingerprint density at radius 1 is 1.11 bits per heavy atom. The van der Waals surface area contributed by atoms with Gasteiger partial charge >= 0.3 is 0 Å². The van der Waals surface area contributed by atoms with Gasteiger partial charge in [0.25, 0.3) is 0 Å². The highest BCUT2D eigenvalue weighted by atomic mass is 16.5. The molecule has 0 bridgehead atoms. The van der Waals surface area contributed by atoms with E-state index in [1.165, 1.54) is 0 Å². The predicted molar refractivity (Wildman–Crippen MR) is 70.2 cm³/mol. The first-order valence-electron chi connectivity index (χ1n) is 6.08. The molecular formula is C15H15NO2. The summed E-state index contributed by atoms with van der Waals surface area (Å²) in [6, 6.07) is 13.5. The molecule has 3 rings (SSSR count). The number of para-hydroxylation sites is 1. The zero-order valence-electron chi connectivity index (χ0n) is 10.2. The van der Waals surface area contributed by atoms with E-state index < -0.39 is 0 Å². The molecule has 0 spiro atoms. The number of ether oxygens (including phenoxy) is 2. The number of nitrogens with two attached hydrogens (primary N) is 1. The summed E-state index contributed by atoms with van der Waals surface area (Å²) < 4.78 is 11.3. The SMILES string of the molecule is CCOc1ccc2c(c1)Oc1ccccc1C2N. The molecule has 0 saturated heterocycles. The molecule has 0 aliphatic carbocycles.